The molecule has 100 valence electrons. The van der Waals surface area contributed by atoms with E-state index in [4.69, 9.17) is 0 Å². The first kappa shape index (κ1) is 13.4. The van der Waals surface area contributed by atoms with Gasteiger partial charge in [0, 0.05) is 6.07 Å². The summed E-state index contributed by atoms with van der Waals surface area (Å²) in [6, 6.07) is 10.9. The Bertz CT molecular complexity index is 543. The van der Waals surface area contributed by atoms with Gasteiger partial charge in [0.15, 0.2) is 0 Å². The van der Waals surface area contributed by atoms with Crippen LogP contribution in [0.15, 0.2) is 42.5 Å². The second-order valence-electron chi connectivity index (χ2n) is 4.58. The zero-order chi connectivity index (χ0) is 14.0. The first-order valence-electron chi connectivity index (χ1n) is 5.93. The van der Waals surface area contributed by atoms with Crippen LogP contribution in [0.2, 0.25) is 0 Å². The minimum Gasteiger partial charge on any atom is -0.508 e. The molecule has 2 unspecified atom stereocenters. The summed E-state index contributed by atoms with van der Waals surface area (Å²) < 4.78 is 0. The zero-order valence-electron chi connectivity index (χ0n) is 10.5. The Balaban J connectivity index is 2.27. The van der Waals surface area contributed by atoms with E-state index < -0.39 is 12.2 Å². The van der Waals surface area contributed by atoms with E-state index in [9.17, 15) is 20.4 Å². The SMILES string of the molecule is Cc1ccc(C(O)C(O)c2cc(O)cc(O)c2)cc1. The molecule has 0 aliphatic rings. The van der Waals surface area contributed by atoms with Crippen LogP contribution in [0, 0.1) is 6.92 Å². The number of aromatic hydroxyl groups is 2. The van der Waals surface area contributed by atoms with E-state index in [1.54, 1.807) is 12.1 Å². The molecule has 0 spiro atoms. The number of benzene rings is 2. The highest BCUT2D eigenvalue weighted by atomic mass is 16.3. The van der Waals surface area contributed by atoms with Crippen LogP contribution >= 0.6 is 0 Å². The third-order valence-corrected chi connectivity index (χ3v) is 2.98. The van der Waals surface area contributed by atoms with E-state index in [0.717, 1.165) is 11.6 Å². The van der Waals surface area contributed by atoms with Crippen molar-refractivity contribution in [1.82, 2.24) is 0 Å². The normalized spacial score (nSPS) is 14.1. The Hall–Kier alpha value is -2.04. The van der Waals surface area contributed by atoms with Crippen LogP contribution < -0.4 is 0 Å². The average Bonchev–Trinajstić information content (AvgIpc) is 2.37. The minimum atomic E-state index is -1.22. The standard InChI is InChI=1S/C15H16O4/c1-9-2-4-10(5-3-9)14(18)15(19)11-6-12(16)8-13(17)7-11/h2-8,14-19H,1H3. The Morgan fingerprint density at radius 1 is 0.737 bits per heavy atom. The van der Waals surface area contributed by atoms with Crippen molar-refractivity contribution in [2.45, 2.75) is 19.1 Å². The molecule has 0 aromatic heterocycles. The monoisotopic (exact) mass is 260 g/mol. The number of hydrogen-bond donors (Lipinski definition) is 4. The molecule has 2 aromatic rings. The number of aliphatic hydroxyl groups excluding tert-OH is 2. The third-order valence-electron chi connectivity index (χ3n) is 2.98. The molecule has 0 radical (unpaired) electrons. The lowest BCUT2D eigenvalue weighted by Crippen LogP contribution is -2.10. The molecule has 4 N–H and O–H groups in total. The first-order chi connectivity index (χ1) is 8.97. The van der Waals surface area contributed by atoms with Gasteiger partial charge < -0.3 is 20.4 Å². The number of phenolic OH excluding ortho intramolecular Hbond substituents is 2. The summed E-state index contributed by atoms with van der Waals surface area (Å²) in [5, 5.41) is 38.9. The highest BCUT2D eigenvalue weighted by molar-refractivity contribution is 5.38. The maximum absolute atomic E-state index is 10.1. The average molecular weight is 260 g/mol. The summed E-state index contributed by atoms with van der Waals surface area (Å²) in [5.74, 6) is -0.324. The van der Waals surface area contributed by atoms with Gasteiger partial charge in [0.25, 0.3) is 0 Å². The maximum atomic E-state index is 10.1. The quantitative estimate of drug-likeness (QED) is 0.682. The molecule has 2 rings (SSSR count). The van der Waals surface area contributed by atoms with Crippen LogP contribution in [0.4, 0.5) is 0 Å². The zero-order valence-corrected chi connectivity index (χ0v) is 10.5. The van der Waals surface area contributed by atoms with Crippen LogP contribution in [0.5, 0.6) is 11.5 Å². The molecule has 4 nitrogen and oxygen atoms in total. The van der Waals surface area contributed by atoms with Crippen molar-refractivity contribution >= 4 is 0 Å². The van der Waals surface area contributed by atoms with Crippen molar-refractivity contribution in [2.75, 3.05) is 0 Å². The molecule has 0 amide bonds. The van der Waals surface area contributed by atoms with Gasteiger partial charge in [-0.15, -0.1) is 0 Å². The highest BCUT2D eigenvalue weighted by Crippen LogP contribution is 2.32. The molecule has 19 heavy (non-hydrogen) atoms. The maximum Gasteiger partial charge on any atom is 0.119 e. The summed E-state index contributed by atoms with van der Waals surface area (Å²) in [6.07, 6.45) is -2.34. The molecule has 4 heteroatoms. The molecule has 0 heterocycles. The Morgan fingerprint density at radius 2 is 1.21 bits per heavy atom. The fourth-order valence-electron chi connectivity index (χ4n) is 1.92. The lowest BCUT2D eigenvalue weighted by molar-refractivity contribution is 0.0170. The van der Waals surface area contributed by atoms with Gasteiger partial charge in [-0.3, -0.25) is 0 Å². The number of rotatable bonds is 3. The van der Waals surface area contributed by atoms with Gasteiger partial charge in [0.1, 0.15) is 23.7 Å². The molecule has 0 bridgehead atoms. The highest BCUT2D eigenvalue weighted by Gasteiger charge is 2.21. The summed E-state index contributed by atoms with van der Waals surface area (Å²) in [7, 11) is 0. The van der Waals surface area contributed by atoms with Gasteiger partial charge in [0.2, 0.25) is 0 Å². The molecule has 0 aliphatic heterocycles. The number of aliphatic hydroxyl groups is 2. The van der Waals surface area contributed by atoms with Crippen LogP contribution in [0.3, 0.4) is 0 Å². The second-order valence-corrected chi connectivity index (χ2v) is 4.58. The molecule has 0 fully saturated rings. The molecule has 0 saturated heterocycles. The Kier molecular flexibility index (Phi) is 3.74. The summed E-state index contributed by atoms with van der Waals surface area (Å²) >= 11 is 0. The lowest BCUT2D eigenvalue weighted by Gasteiger charge is -2.19. The molecular formula is C15H16O4. The number of phenols is 2. The topological polar surface area (TPSA) is 80.9 Å². The minimum absolute atomic E-state index is 0.162. The van der Waals surface area contributed by atoms with Crippen molar-refractivity contribution in [3.05, 3.63) is 59.2 Å². The van der Waals surface area contributed by atoms with Crippen LogP contribution in [0.25, 0.3) is 0 Å². The number of aryl methyl sites for hydroxylation is 1. The van der Waals surface area contributed by atoms with E-state index in [1.165, 1.54) is 12.1 Å². The Labute approximate surface area is 111 Å². The van der Waals surface area contributed by atoms with Crippen molar-refractivity contribution in [3.63, 3.8) is 0 Å². The molecule has 0 aliphatic carbocycles. The van der Waals surface area contributed by atoms with E-state index >= 15 is 0 Å². The summed E-state index contributed by atoms with van der Waals surface area (Å²) in [5.41, 5.74) is 1.88. The largest absolute Gasteiger partial charge is 0.508 e. The lowest BCUT2D eigenvalue weighted by atomic mass is 9.97. The summed E-state index contributed by atoms with van der Waals surface area (Å²) in [4.78, 5) is 0. The van der Waals surface area contributed by atoms with Gasteiger partial charge >= 0.3 is 0 Å². The second kappa shape index (κ2) is 5.30. The molecular weight excluding hydrogens is 244 g/mol. The molecule has 2 atom stereocenters. The predicted octanol–water partition coefficient (Wildman–Crippen LogP) is 2.17. The fourth-order valence-corrected chi connectivity index (χ4v) is 1.92. The Morgan fingerprint density at radius 3 is 1.74 bits per heavy atom. The van der Waals surface area contributed by atoms with Crippen molar-refractivity contribution < 1.29 is 20.4 Å². The van der Waals surface area contributed by atoms with Gasteiger partial charge in [-0.25, -0.2) is 0 Å². The molecule has 2 aromatic carbocycles. The van der Waals surface area contributed by atoms with Crippen molar-refractivity contribution in [1.29, 1.82) is 0 Å². The smallest absolute Gasteiger partial charge is 0.119 e. The fraction of sp³-hybridized carbons (Fsp3) is 0.200. The van der Waals surface area contributed by atoms with E-state index in [1.807, 2.05) is 19.1 Å². The predicted molar refractivity (Wildman–Crippen MR) is 70.9 cm³/mol. The van der Waals surface area contributed by atoms with Crippen molar-refractivity contribution in [3.8, 4) is 11.5 Å². The number of hydrogen-bond acceptors (Lipinski definition) is 4. The van der Waals surface area contributed by atoms with Crippen LogP contribution in [-0.2, 0) is 0 Å². The van der Waals surface area contributed by atoms with E-state index in [-0.39, 0.29) is 17.1 Å². The molecule has 0 saturated carbocycles. The first-order valence-corrected chi connectivity index (χ1v) is 5.93. The third kappa shape index (κ3) is 3.05. The van der Waals surface area contributed by atoms with E-state index in [0.29, 0.717) is 5.56 Å². The van der Waals surface area contributed by atoms with Crippen LogP contribution in [-0.4, -0.2) is 20.4 Å². The van der Waals surface area contributed by atoms with Gasteiger partial charge in [-0.2, -0.15) is 0 Å². The van der Waals surface area contributed by atoms with Gasteiger partial charge in [0.05, 0.1) is 0 Å². The van der Waals surface area contributed by atoms with Gasteiger partial charge in [-0.1, -0.05) is 29.8 Å². The van der Waals surface area contributed by atoms with Gasteiger partial charge in [-0.05, 0) is 30.2 Å². The van der Waals surface area contributed by atoms with Crippen molar-refractivity contribution in [2.24, 2.45) is 0 Å². The van der Waals surface area contributed by atoms with E-state index in [2.05, 4.69) is 0 Å². The summed E-state index contributed by atoms with van der Waals surface area (Å²) in [6.45, 7) is 1.93. The van der Waals surface area contributed by atoms with Crippen LogP contribution in [0.1, 0.15) is 28.9 Å².